The average molecular weight is 281 g/mol. The highest BCUT2D eigenvalue weighted by Gasteiger charge is 2.05. The molecule has 0 amide bonds. The fourth-order valence-corrected chi connectivity index (χ4v) is 2.81. The number of aryl methyl sites for hydroxylation is 2. The smallest absolute Gasteiger partial charge is 0.0403 e. The minimum atomic E-state index is 0.569. The zero-order chi connectivity index (χ0) is 15.2. The van der Waals surface area contributed by atoms with Crippen molar-refractivity contribution in [2.45, 2.75) is 53.0 Å². The summed E-state index contributed by atoms with van der Waals surface area (Å²) in [6.07, 6.45) is 2.35. The lowest BCUT2D eigenvalue weighted by atomic mass is 9.97. The fraction of sp³-hybridized carbons (Fsp3) is 0.400. The van der Waals surface area contributed by atoms with E-state index < -0.39 is 0 Å². The van der Waals surface area contributed by atoms with Crippen molar-refractivity contribution in [1.29, 1.82) is 0 Å². The van der Waals surface area contributed by atoms with Crippen LogP contribution in [0.4, 0.5) is 5.69 Å². The van der Waals surface area contributed by atoms with E-state index in [4.69, 9.17) is 0 Å². The first-order valence-electron chi connectivity index (χ1n) is 8.03. The van der Waals surface area contributed by atoms with E-state index in [-0.39, 0.29) is 0 Å². The monoisotopic (exact) mass is 281 g/mol. The quantitative estimate of drug-likeness (QED) is 0.718. The first kappa shape index (κ1) is 15.6. The van der Waals surface area contributed by atoms with E-state index >= 15 is 0 Å². The van der Waals surface area contributed by atoms with Crippen molar-refractivity contribution < 1.29 is 0 Å². The van der Waals surface area contributed by atoms with Crippen LogP contribution in [0.15, 0.2) is 42.5 Å². The van der Waals surface area contributed by atoms with Crippen LogP contribution in [0.1, 0.15) is 55.4 Å². The Morgan fingerprint density at radius 1 is 1.00 bits per heavy atom. The Kier molecular flexibility index (Phi) is 5.44. The summed E-state index contributed by atoms with van der Waals surface area (Å²) in [5, 5.41) is 3.58. The van der Waals surface area contributed by atoms with Gasteiger partial charge in [0.05, 0.1) is 0 Å². The van der Waals surface area contributed by atoms with Crippen molar-refractivity contribution in [3.63, 3.8) is 0 Å². The van der Waals surface area contributed by atoms with Gasteiger partial charge in [-0.05, 0) is 53.6 Å². The number of hydrogen-bond donors (Lipinski definition) is 1. The number of rotatable bonds is 6. The van der Waals surface area contributed by atoms with Crippen molar-refractivity contribution in [1.82, 2.24) is 0 Å². The molecule has 0 heterocycles. The first-order valence-corrected chi connectivity index (χ1v) is 8.03. The maximum absolute atomic E-state index is 3.58. The lowest BCUT2D eigenvalue weighted by Crippen LogP contribution is -2.04. The van der Waals surface area contributed by atoms with Crippen LogP contribution < -0.4 is 5.32 Å². The van der Waals surface area contributed by atoms with Crippen LogP contribution in [-0.4, -0.2) is 0 Å². The summed E-state index contributed by atoms with van der Waals surface area (Å²) in [5.41, 5.74) is 6.90. The van der Waals surface area contributed by atoms with Gasteiger partial charge in [-0.15, -0.1) is 0 Å². The van der Waals surface area contributed by atoms with Crippen molar-refractivity contribution in [2.75, 3.05) is 5.32 Å². The predicted octanol–water partition coefficient (Wildman–Crippen LogP) is 5.68. The Bertz CT molecular complexity index is 584. The molecule has 0 aromatic heterocycles. The van der Waals surface area contributed by atoms with Crippen LogP contribution in [0.3, 0.4) is 0 Å². The van der Waals surface area contributed by atoms with Gasteiger partial charge in [-0.1, -0.05) is 57.5 Å². The number of anilines is 1. The minimum absolute atomic E-state index is 0.569. The third kappa shape index (κ3) is 4.10. The van der Waals surface area contributed by atoms with Crippen LogP contribution >= 0.6 is 0 Å². The third-order valence-corrected chi connectivity index (χ3v) is 4.02. The van der Waals surface area contributed by atoms with Crippen LogP contribution in [0.5, 0.6) is 0 Å². The van der Waals surface area contributed by atoms with Gasteiger partial charge in [-0.25, -0.2) is 0 Å². The van der Waals surface area contributed by atoms with Gasteiger partial charge in [0.1, 0.15) is 0 Å². The number of benzene rings is 2. The maximum atomic E-state index is 3.58. The Hall–Kier alpha value is -1.76. The summed E-state index contributed by atoms with van der Waals surface area (Å²) in [4.78, 5) is 0. The van der Waals surface area contributed by atoms with E-state index in [0.29, 0.717) is 5.92 Å². The van der Waals surface area contributed by atoms with Crippen molar-refractivity contribution in [3.8, 4) is 0 Å². The lowest BCUT2D eigenvalue weighted by molar-refractivity contribution is 0.856. The molecule has 0 spiro atoms. The first-order chi connectivity index (χ1) is 10.1. The zero-order valence-corrected chi connectivity index (χ0v) is 13.7. The Labute approximate surface area is 129 Å². The zero-order valence-electron chi connectivity index (χ0n) is 13.7. The number of nitrogens with one attached hydrogen (secondary N) is 1. The predicted molar refractivity (Wildman–Crippen MR) is 93.0 cm³/mol. The largest absolute Gasteiger partial charge is 0.381 e. The molecular weight excluding hydrogens is 254 g/mol. The fourth-order valence-electron chi connectivity index (χ4n) is 2.81. The van der Waals surface area contributed by atoms with Crippen LogP contribution in [0.2, 0.25) is 0 Å². The topological polar surface area (TPSA) is 12.0 Å². The third-order valence-electron chi connectivity index (χ3n) is 4.02. The van der Waals surface area contributed by atoms with E-state index in [0.717, 1.165) is 13.0 Å². The van der Waals surface area contributed by atoms with Crippen molar-refractivity contribution >= 4 is 5.69 Å². The van der Waals surface area contributed by atoms with Gasteiger partial charge in [0.2, 0.25) is 0 Å². The lowest BCUT2D eigenvalue weighted by Gasteiger charge is -2.15. The maximum Gasteiger partial charge on any atom is 0.0403 e. The van der Waals surface area contributed by atoms with Crippen LogP contribution in [-0.2, 0) is 13.0 Å². The average Bonchev–Trinajstić information content (AvgIpc) is 2.47. The molecule has 0 radical (unpaired) electrons. The SMILES string of the molecule is CCCc1ccccc1CNc1ccc(C)c(C(C)C)c1. The molecule has 1 heteroatoms. The molecule has 0 atom stereocenters. The number of hydrogen-bond acceptors (Lipinski definition) is 1. The molecule has 21 heavy (non-hydrogen) atoms. The highest BCUT2D eigenvalue weighted by Crippen LogP contribution is 2.23. The van der Waals surface area contributed by atoms with Gasteiger partial charge < -0.3 is 5.32 Å². The van der Waals surface area contributed by atoms with E-state index in [1.54, 1.807) is 0 Å². The summed E-state index contributed by atoms with van der Waals surface area (Å²) in [5.74, 6) is 0.569. The molecule has 0 saturated heterocycles. The van der Waals surface area contributed by atoms with E-state index in [1.807, 2.05) is 0 Å². The minimum Gasteiger partial charge on any atom is -0.381 e. The Morgan fingerprint density at radius 2 is 1.71 bits per heavy atom. The molecule has 2 rings (SSSR count). The molecule has 0 bridgehead atoms. The molecule has 0 saturated carbocycles. The molecular formula is C20H27N. The standard InChI is InChI=1S/C20H27N/c1-5-8-17-9-6-7-10-18(17)14-21-19-12-11-16(4)20(13-19)15(2)3/h6-7,9-13,15,21H,5,8,14H2,1-4H3. The molecule has 2 aromatic carbocycles. The van der Waals surface area contributed by atoms with Gasteiger partial charge in [-0.3, -0.25) is 0 Å². The molecule has 112 valence electrons. The molecule has 1 nitrogen and oxygen atoms in total. The Morgan fingerprint density at radius 3 is 2.38 bits per heavy atom. The molecule has 0 fully saturated rings. The van der Waals surface area contributed by atoms with E-state index in [2.05, 4.69) is 75.5 Å². The summed E-state index contributed by atoms with van der Waals surface area (Å²) >= 11 is 0. The van der Waals surface area contributed by atoms with Gasteiger partial charge >= 0.3 is 0 Å². The second-order valence-electron chi connectivity index (χ2n) is 6.10. The highest BCUT2D eigenvalue weighted by molar-refractivity contribution is 5.50. The second-order valence-corrected chi connectivity index (χ2v) is 6.10. The summed E-state index contributed by atoms with van der Waals surface area (Å²) in [6, 6.07) is 15.4. The summed E-state index contributed by atoms with van der Waals surface area (Å²) in [7, 11) is 0. The van der Waals surface area contributed by atoms with E-state index in [9.17, 15) is 0 Å². The second kappa shape index (κ2) is 7.31. The highest BCUT2D eigenvalue weighted by atomic mass is 14.9. The molecule has 0 aliphatic heterocycles. The van der Waals surface area contributed by atoms with Gasteiger partial charge in [0, 0.05) is 12.2 Å². The molecule has 0 unspecified atom stereocenters. The molecule has 0 aliphatic carbocycles. The molecule has 0 aliphatic rings. The Balaban J connectivity index is 2.11. The van der Waals surface area contributed by atoms with Crippen molar-refractivity contribution in [3.05, 3.63) is 64.7 Å². The normalized spacial score (nSPS) is 10.9. The van der Waals surface area contributed by atoms with Crippen molar-refractivity contribution in [2.24, 2.45) is 0 Å². The summed E-state index contributed by atoms with van der Waals surface area (Å²) < 4.78 is 0. The summed E-state index contributed by atoms with van der Waals surface area (Å²) in [6.45, 7) is 9.83. The van der Waals surface area contributed by atoms with Crippen LogP contribution in [0.25, 0.3) is 0 Å². The van der Waals surface area contributed by atoms with Gasteiger partial charge in [-0.2, -0.15) is 0 Å². The molecule has 1 N–H and O–H groups in total. The van der Waals surface area contributed by atoms with Gasteiger partial charge in [0.25, 0.3) is 0 Å². The van der Waals surface area contributed by atoms with Gasteiger partial charge in [0.15, 0.2) is 0 Å². The van der Waals surface area contributed by atoms with Crippen LogP contribution in [0, 0.1) is 6.92 Å². The van der Waals surface area contributed by atoms with E-state index in [1.165, 1.54) is 34.4 Å². The molecule has 2 aromatic rings.